The standard InChI is InChI=1S/C14H20ClN3O3.ClH/c1-21-10(9-16)8-13(19)17-6-7-18-14(20)11-4-2-3-5-12(11)15;/h2-5,10H,6-9,16H2,1H3,(H,17,19)(H,18,20);1H. The number of hydrogen-bond acceptors (Lipinski definition) is 4. The Balaban J connectivity index is 0.00000441. The Labute approximate surface area is 141 Å². The predicted octanol–water partition coefficient (Wildman–Crippen LogP) is 0.972. The largest absolute Gasteiger partial charge is 0.380 e. The maximum Gasteiger partial charge on any atom is 0.252 e. The van der Waals surface area contributed by atoms with Gasteiger partial charge in [-0.3, -0.25) is 9.59 Å². The van der Waals surface area contributed by atoms with Gasteiger partial charge >= 0.3 is 0 Å². The van der Waals surface area contributed by atoms with Gasteiger partial charge in [-0.1, -0.05) is 23.7 Å². The van der Waals surface area contributed by atoms with Crippen LogP contribution >= 0.6 is 24.0 Å². The molecule has 6 nitrogen and oxygen atoms in total. The van der Waals surface area contributed by atoms with Gasteiger partial charge in [-0.25, -0.2) is 0 Å². The van der Waals surface area contributed by atoms with Gasteiger partial charge in [-0.05, 0) is 12.1 Å². The number of nitrogens with one attached hydrogen (secondary N) is 2. The monoisotopic (exact) mass is 349 g/mol. The first-order valence-corrected chi connectivity index (χ1v) is 6.98. The van der Waals surface area contributed by atoms with Crippen LogP contribution in [0.15, 0.2) is 24.3 Å². The molecule has 0 radical (unpaired) electrons. The molecule has 0 aliphatic rings. The van der Waals surface area contributed by atoms with Crippen LogP contribution in [0.5, 0.6) is 0 Å². The summed E-state index contributed by atoms with van der Waals surface area (Å²) in [5.41, 5.74) is 5.84. The SMILES string of the molecule is COC(CN)CC(=O)NCCNC(=O)c1ccccc1Cl.Cl. The highest BCUT2D eigenvalue weighted by Gasteiger charge is 2.11. The fourth-order valence-corrected chi connectivity index (χ4v) is 1.88. The number of carbonyl (C=O) groups excluding carboxylic acids is 2. The van der Waals surface area contributed by atoms with Crippen molar-refractivity contribution >= 4 is 35.8 Å². The van der Waals surface area contributed by atoms with E-state index in [0.717, 1.165) is 0 Å². The Morgan fingerprint density at radius 1 is 1.27 bits per heavy atom. The number of ether oxygens (including phenoxy) is 1. The molecular formula is C14H21Cl2N3O3. The number of benzene rings is 1. The Hall–Kier alpha value is -1.34. The molecule has 0 saturated carbocycles. The molecule has 0 bridgehead atoms. The third kappa shape index (κ3) is 7.09. The van der Waals surface area contributed by atoms with Crippen molar-refractivity contribution in [1.82, 2.24) is 10.6 Å². The van der Waals surface area contributed by atoms with Crippen LogP contribution in [-0.4, -0.2) is 44.7 Å². The van der Waals surface area contributed by atoms with Crippen LogP contribution in [0, 0.1) is 0 Å². The molecule has 0 fully saturated rings. The van der Waals surface area contributed by atoms with Gasteiger partial charge in [0.05, 0.1) is 23.1 Å². The number of amides is 2. The molecule has 4 N–H and O–H groups in total. The summed E-state index contributed by atoms with van der Waals surface area (Å²) in [4.78, 5) is 23.4. The molecular weight excluding hydrogens is 329 g/mol. The number of halogens is 2. The minimum Gasteiger partial charge on any atom is -0.380 e. The Kier molecular flexibility index (Phi) is 10.6. The predicted molar refractivity (Wildman–Crippen MR) is 88.5 cm³/mol. The zero-order valence-electron chi connectivity index (χ0n) is 12.3. The van der Waals surface area contributed by atoms with E-state index >= 15 is 0 Å². The van der Waals surface area contributed by atoms with E-state index in [9.17, 15) is 9.59 Å². The van der Waals surface area contributed by atoms with E-state index in [0.29, 0.717) is 23.7 Å². The molecule has 22 heavy (non-hydrogen) atoms. The molecule has 0 spiro atoms. The second-order valence-electron chi connectivity index (χ2n) is 4.38. The van der Waals surface area contributed by atoms with Crippen LogP contribution in [0.25, 0.3) is 0 Å². The third-order valence-electron chi connectivity index (χ3n) is 2.86. The minimum atomic E-state index is -0.289. The van der Waals surface area contributed by atoms with Crippen molar-refractivity contribution in [3.63, 3.8) is 0 Å². The lowest BCUT2D eigenvalue weighted by molar-refractivity contribution is -0.123. The Morgan fingerprint density at radius 2 is 1.91 bits per heavy atom. The highest BCUT2D eigenvalue weighted by atomic mass is 35.5. The van der Waals surface area contributed by atoms with Crippen molar-refractivity contribution in [1.29, 1.82) is 0 Å². The highest BCUT2D eigenvalue weighted by molar-refractivity contribution is 6.33. The van der Waals surface area contributed by atoms with Crippen molar-refractivity contribution in [2.24, 2.45) is 5.73 Å². The average molecular weight is 350 g/mol. The molecule has 1 aromatic rings. The molecule has 1 unspecified atom stereocenters. The maximum absolute atomic E-state index is 11.8. The second-order valence-corrected chi connectivity index (χ2v) is 4.79. The van der Waals surface area contributed by atoms with Crippen molar-refractivity contribution in [2.75, 3.05) is 26.7 Å². The van der Waals surface area contributed by atoms with E-state index in [-0.39, 0.29) is 43.3 Å². The van der Waals surface area contributed by atoms with Crippen LogP contribution in [0.1, 0.15) is 16.8 Å². The lowest BCUT2D eigenvalue weighted by atomic mass is 10.2. The maximum atomic E-state index is 11.8. The molecule has 1 rings (SSSR count). The first kappa shape index (κ1) is 20.7. The second kappa shape index (κ2) is 11.3. The topological polar surface area (TPSA) is 93.4 Å². The van der Waals surface area contributed by atoms with Gasteiger partial charge in [-0.2, -0.15) is 0 Å². The summed E-state index contributed by atoms with van der Waals surface area (Å²) in [6, 6.07) is 6.78. The summed E-state index contributed by atoms with van der Waals surface area (Å²) < 4.78 is 5.02. The van der Waals surface area contributed by atoms with Gasteiger partial charge in [-0.15, -0.1) is 12.4 Å². The number of nitrogens with two attached hydrogens (primary N) is 1. The number of methoxy groups -OCH3 is 1. The van der Waals surface area contributed by atoms with Gasteiger partial charge in [0, 0.05) is 26.7 Å². The smallest absolute Gasteiger partial charge is 0.252 e. The average Bonchev–Trinajstić information content (AvgIpc) is 2.49. The molecule has 0 aromatic heterocycles. The first-order valence-electron chi connectivity index (χ1n) is 6.60. The fraction of sp³-hybridized carbons (Fsp3) is 0.429. The van der Waals surface area contributed by atoms with Gasteiger partial charge < -0.3 is 21.1 Å². The van der Waals surface area contributed by atoms with E-state index in [2.05, 4.69) is 10.6 Å². The van der Waals surface area contributed by atoms with Gasteiger partial charge in [0.1, 0.15) is 0 Å². The number of carbonyl (C=O) groups is 2. The van der Waals surface area contributed by atoms with E-state index in [1.807, 2.05) is 0 Å². The number of rotatable bonds is 8. The minimum absolute atomic E-state index is 0. The molecule has 124 valence electrons. The summed E-state index contributed by atoms with van der Waals surface area (Å²) in [6.07, 6.45) is -0.0893. The molecule has 0 heterocycles. The molecule has 2 amide bonds. The zero-order valence-corrected chi connectivity index (χ0v) is 13.9. The van der Waals surface area contributed by atoms with Crippen LogP contribution in [0.3, 0.4) is 0 Å². The van der Waals surface area contributed by atoms with Crippen LogP contribution in [0.4, 0.5) is 0 Å². The molecule has 0 aliphatic heterocycles. The normalized spacial score (nSPS) is 11.2. The Bertz CT molecular complexity index is 482. The number of hydrogen-bond donors (Lipinski definition) is 3. The molecule has 0 saturated heterocycles. The van der Waals surface area contributed by atoms with E-state index in [1.54, 1.807) is 24.3 Å². The van der Waals surface area contributed by atoms with Crippen molar-refractivity contribution in [2.45, 2.75) is 12.5 Å². The van der Waals surface area contributed by atoms with Crippen LogP contribution < -0.4 is 16.4 Å². The highest BCUT2D eigenvalue weighted by Crippen LogP contribution is 2.14. The summed E-state index contributed by atoms with van der Waals surface area (Å²) in [5, 5.41) is 5.76. The third-order valence-corrected chi connectivity index (χ3v) is 3.19. The van der Waals surface area contributed by atoms with Gasteiger partial charge in [0.2, 0.25) is 5.91 Å². The van der Waals surface area contributed by atoms with E-state index < -0.39 is 0 Å². The van der Waals surface area contributed by atoms with Gasteiger partial charge in [0.25, 0.3) is 5.91 Å². The lowest BCUT2D eigenvalue weighted by Crippen LogP contribution is -2.37. The zero-order chi connectivity index (χ0) is 15.7. The van der Waals surface area contributed by atoms with Crippen LogP contribution in [-0.2, 0) is 9.53 Å². The van der Waals surface area contributed by atoms with Crippen molar-refractivity contribution in [3.8, 4) is 0 Å². The lowest BCUT2D eigenvalue weighted by Gasteiger charge is -2.12. The van der Waals surface area contributed by atoms with E-state index in [1.165, 1.54) is 7.11 Å². The summed E-state index contributed by atoms with van der Waals surface area (Å²) in [6.45, 7) is 0.930. The first-order chi connectivity index (χ1) is 10.1. The van der Waals surface area contributed by atoms with E-state index in [4.69, 9.17) is 22.1 Å². The Morgan fingerprint density at radius 3 is 2.50 bits per heavy atom. The quantitative estimate of drug-likeness (QED) is 0.609. The van der Waals surface area contributed by atoms with Gasteiger partial charge in [0.15, 0.2) is 0 Å². The summed E-state index contributed by atoms with van der Waals surface area (Å²) in [7, 11) is 1.51. The fourth-order valence-electron chi connectivity index (χ4n) is 1.66. The molecule has 0 aliphatic carbocycles. The van der Waals surface area contributed by atoms with Crippen LogP contribution in [0.2, 0.25) is 5.02 Å². The molecule has 1 atom stereocenters. The summed E-state index contributed by atoms with van der Waals surface area (Å²) >= 11 is 5.92. The van der Waals surface area contributed by atoms with Crippen molar-refractivity contribution in [3.05, 3.63) is 34.9 Å². The molecule has 1 aromatic carbocycles. The van der Waals surface area contributed by atoms with Crippen molar-refractivity contribution < 1.29 is 14.3 Å². The summed E-state index contributed by atoms with van der Waals surface area (Å²) in [5.74, 6) is -0.439. The molecule has 8 heteroatoms.